The fraction of sp³-hybridized carbons (Fsp3) is 0.917. The predicted octanol–water partition coefficient (Wildman–Crippen LogP) is 0.572. The van der Waals surface area contributed by atoms with Gasteiger partial charge in [0.15, 0.2) is 0 Å². The van der Waals surface area contributed by atoms with Crippen LogP contribution in [0, 0.1) is 5.92 Å². The van der Waals surface area contributed by atoms with Crippen LogP contribution in [0.25, 0.3) is 0 Å². The molecule has 94 valence electrons. The van der Waals surface area contributed by atoms with Gasteiger partial charge in [0.05, 0.1) is 6.54 Å². The van der Waals surface area contributed by atoms with Gasteiger partial charge in [-0.15, -0.1) is 0 Å². The highest BCUT2D eigenvalue weighted by Crippen LogP contribution is 2.35. The molecule has 3 N–H and O–H groups in total. The maximum absolute atomic E-state index is 10.7. The molecule has 1 aliphatic rings. The summed E-state index contributed by atoms with van der Waals surface area (Å²) in [4.78, 5) is 13.0. The number of primary amides is 1. The Hall–Kier alpha value is -0.610. The van der Waals surface area contributed by atoms with E-state index in [0.29, 0.717) is 0 Å². The van der Waals surface area contributed by atoms with Crippen molar-refractivity contribution >= 4 is 5.91 Å². The van der Waals surface area contributed by atoms with E-state index in [1.165, 1.54) is 25.7 Å². The highest BCUT2D eigenvalue weighted by atomic mass is 16.1. The molecule has 1 amide bonds. The zero-order chi connectivity index (χ0) is 12.2. The Morgan fingerprint density at radius 3 is 2.75 bits per heavy atom. The number of amides is 1. The topological polar surface area (TPSA) is 58.4 Å². The first-order valence-corrected chi connectivity index (χ1v) is 6.13. The molecule has 1 fully saturated rings. The molecule has 0 saturated heterocycles. The van der Waals surface area contributed by atoms with Gasteiger partial charge in [0.25, 0.3) is 0 Å². The number of nitrogens with one attached hydrogen (secondary N) is 1. The van der Waals surface area contributed by atoms with Crippen molar-refractivity contribution in [2.45, 2.75) is 38.1 Å². The summed E-state index contributed by atoms with van der Waals surface area (Å²) in [5.74, 6) is 0.490. The number of hydrogen-bond acceptors (Lipinski definition) is 3. The summed E-state index contributed by atoms with van der Waals surface area (Å²) in [6.45, 7) is 3.45. The Labute approximate surface area is 98.6 Å². The molecule has 2 unspecified atom stereocenters. The number of likely N-dealkylation sites (N-methyl/N-ethyl adjacent to an activating group) is 1. The van der Waals surface area contributed by atoms with Gasteiger partial charge < -0.3 is 16.0 Å². The van der Waals surface area contributed by atoms with Crippen LogP contribution < -0.4 is 11.1 Å². The van der Waals surface area contributed by atoms with E-state index in [4.69, 9.17) is 5.73 Å². The fourth-order valence-electron chi connectivity index (χ4n) is 2.78. The van der Waals surface area contributed by atoms with Crippen molar-refractivity contribution in [3.63, 3.8) is 0 Å². The third kappa shape index (κ3) is 3.46. The van der Waals surface area contributed by atoms with E-state index in [9.17, 15) is 4.79 Å². The average molecular weight is 227 g/mol. The van der Waals surface area contributed by atoms with Crippen LogP contribution in [0.3, 0.4) is 0 Å². The smallest absolute Gasteiger partial charge is 0.231 e. The molecule has 1 saturated carbocycles. The van der Waals surface area contributed by atoms with Gasteiger partial charge >= 0.3 is 0 Å². The summed E-state index contributed by atoms with van der Waals surface area (Å²) in [7, 11) is 4.26. The van der Waals surface area contributed by atoms with E-state index in [2.05, 4.69) is 31.2 Å². The Balaban J connectivity index is 2.54. The Bertz CT molecular complexity index is 242. The van der Waals surface area contributed by atoms with Gasteiger partial charge in [-0.25, -0.2) is 0 Å². The normalized spacial score (nSPS) is 30.6. The van der Waals surface area contributed by atoms with Crippen LogP contribution >= 0.6 is 0 Å². The monoisotopic (exact) mass is 227 g/mol. The molecule has 1 aliphatic carbocycles. The molecule has 0 aromatic heterocycles. The molecule has 4 heteroatoms. The van der Waals surface area contributed by atoms with Crippen molar-refractivity contribution in [2.24, 2.45) is 11.7 Å². The highest BCUT2D eigenvalue weighted by Gasteiger charge is 2.36. The van der Waals surface area contributed by atoms with Crippen molar-refractivity contribution in [1.29, 1.82) is 0 Å². The lowest BCUT2D eigenvalue weighted by Crippen LogP contribution is -2.55. The van der Waals surface area contributed by atoms with E-state index in [1.807, 2.05) is 0 Å². The second kappa shape index (κ2) is 5.64. The van der Waals surface area contributed by atoms with Gasteiger partial charge in [0.1, 0.15) is 0 Å². The van der Waals surface area contributed by atoms with Crippen LogP contribution in [0.1, 0.15) is 32.6 Å². The minimum Gasteiger partial charge on any atom is -0.369 e. The van der Waals surface area contributed by atoms with Crippen molar-refractivity contribution in [2.75, 3.05) is 27.2 Å². The van der Waals surface area contributed by atoms with Gasteiger partial charge in [-0.3, -0.25) is 4.79 Å². The lowest BCUT2D eigenvalue weighted by molar-refractivity contribution is -0.117. The van der Waals surface area contributed by atoms with Crippen LogP contribution in [-0.2, 0) is 4.79 Å². The molecule has 0 aliphatic heterocycles. The third-order valence-electron chi connectivity index (χ3n) is 3.77. The Kier molecular flexibility index (Phi) is 4.74. The largest absolute Gasteiger partial charge is 0.369 e. The highest BCUT2D eigenvalue weighted by molar-refractivity contribution is 5.75. The number of hydrogen-bond donors (Lipinski definition) is 2. The summed E-state index contributed by atoms with van der Waals surface area (Å²) in [6.07, 6.45) is 5.00. The Morgan fingerprint density at radius 1 is 1.56 bits per heavy atom. The fourth-order valence-corrected chi connectivity index (χ4v) is 2.78. The van der Waals surface area contributed by atoms with Gasteiger partial charge in [0, 0.05) is 12.1 Å². The molecule has 0 radical (unpaired) electrons. The average Bonchev–Trinajstić information content (AvgIpc) is 2.16. The van der Waals surface area contributed by atoms with Gasteiger partial charge in [-0.2, -0.15) is 0 Å². The second-order valence-electron chi connectivity index (χ2n) is 5.39. The minimum absolute atomic E-state index is 0.202. The van der Waals surface area contributed by atoms with Gasteiger partial charge in [-0.1, -0.05) is 19.8 Å². The molecule has 0 aromatic rings. The molecule has 0 heterocycles. The van der Waals surface area contributed by atoms with E-state index in [-0.39, 0.29) is 18.0 Å². The van der Waals surface area contributed by atoms with Gasteiger partial charge in [-0.05, 0) is 32.9 Å². The first-order chi connectivity index (χ1) is 7.46. The third-order valence-corrected chi connectivity index (χ3v) is 3.77. The summed E-state index contributed by atoms with van der Waals surface area (Å²) < 4.78 is 0. The van der Waals surface area contributed by atoms with E-state index < -0.39 is 0 Å². The zero-order valence-electron chi connectivity index (χ0n) is 10.8. The molecule has 16 heavy (non-hydrogen) atoms. The zero-order valence-corrected chi connectivity index (χ0v) is 10.8. The molecule has 0 spiro atoms. The van der Waals surface area contributed by atoms with Crippen LogP contribution in [0.2, 0.25) is 0 Å². The van der Waals surface area contributed by atoms with Crippen LogP contribution in [0.15, 0.2) is 0 Å². The van der Waals surface area contributed by atoms with E-state index >= 15 is 0 Å². The lowest BCUT2D eigenvalue weighted by atomic mass is 9.75. The summed E-state index contributed by atoms with van der Waals surface area (Å²) in [5.41, 5.74) is 5.34. The number of carbonyl (C=O) groups excluding carboxylic acids is 1. The van der Waals surface area contributed by atoms with E-state index in [0.717, 1.165) is 12.5 Å². The van der Waals surface area contributed by atoms with Crippen LogP contribution in [0.5, 0.6) is 0 Å². The maximum atomic E-state index is 10.7. The Morgan fingerprint density at radius 2 is 2.25 bits per heavy atom. The molecule has 2 atom stereocenters. The van der Waals surface area contributed by atoms with Crippen molar-refractivity contribution in [3.05, 3.63) is 0 Å². The number of rotatable bonds is 5. The van der Waals surface area contributed by atoms with Crippen molar-refractivity contribution < 1.29 is 4.79 Å². The van der Waals surface area contributed by atoms with Crippen LogP contribution in [-0.4, -0.2) is 43.5 Å². The predicted molar refractivity (Wildman–Crippen MR) is 66.1 cm³/mol. The van der Waals surface area contributed by atoms with Crippen molar-refractivity contribution in [3.8, 4) is 0 Å². The maximum Gasteiger partial charge on any atom is 0.231 e. The summed E-state index contributed by atoms with van der Waals surface area (Å²) >= 11 is 0. The first-order valence-electron chi connectivity index (χ1n) is 6.13. The minimum atomic E-state index is -0.280. The van der Waals surface area contributed by atoms with E-state index in [1.54, 1.807) is 0 Å². The quantitative estimate of drug-likeness (QED) is 0.722. The number of carbonyl (C=O) groups is 1. The molecule has 1 rings (SSSR count). The number of nitrogens with two attached hydrogens (primary N) is 1. The SMILES string of the molecule is CC1CCCC(CNCC(N)=O)(N(C)C)C1. The summed E-state index contributed by atoms with van der Waals surface area (Å²) in [5, 5.41) is 3.18. The van der Waals surface area contributed by atoms with Crippen LogP contribution in [0.4, 0.5) is 0 Å². The standard InChI is InChI=1S/C12H25N3O/c1-10-5-4-6-12(7-10,15(2)3)9-14-8-11(13)16/h10,14H,4-9H2,1-3H3,(H2,13,16). The number of nitrogens with zero attached hydrogens (tertiary/aromatic N) is 1. The van der Waals surface area contributed by atoms with Gasteiger partial charge in [0.2, 0.25) is 5.91 Å². The second-order valence-corrected chi connectivity index (χ2v) is 5.39. The molecular formula is C12H25N3O. The lowest BCUT2D eigenvalue weighted by Gasteiger charge is -2.45. The molecule has 0 aromatic carbocycles. The molecule has 4 nitrogen and oxygen atoms in total. The van der Waals surface area contributed by atoms with Crippen molar-refractivity contribution in [1.82, 2.24) is 10.2 Å². The molecular weight excluding hydrogens is 202 g/mol. The molecule has 0 bridgehead atoms. The summed E-state index contributed by atoms with van der Waals surface area (Å²) in [6, 6.07) is 0. The first kappa shape index (κ1) is 13.5.